The highest BCUT2D eigenvalue weighted by atomic mass is 16.2. The van der Waals surface area contributed by atoms with Gasteiger partial charge in [0.05, 0.1) is 18.3 Å². The van der Waals surface area contributed by atoms with Gasteiger partial charge in [-0.25, -0.2) is 4.79 Å². The van der Waals surface area contributed by atoms with E-state index in [-0.39, 0.29) is 17.3 Å². The van der Waals surface area contributed by atoms with Gasteiger partial charge in [0.15, 0.2) is 0 Å². The van der Waals surface area contributed by atoms with Crippen LogP contribution in [0.1, 0.15) is 16.1 Å². The summed E-state index contributed by atoms with van der Waals surface area (Å²) in [5.41, 5.74) is 2.35. The van der Waals surface area contributed by atoms with Crippen LogP contribution in [0.15, 0.2) is 65.7 Å². The van der Waals surface area contributed by atoms with Crippen LogP contribution < -0.4 is 11.0 Å². The molecule has 0 saturated heterocycles. The van der Waals surface area contributed by atoms with Crippen molar-refractivity contribution in [2.45, 2.75) is 6.54 Å². The van der Waals surface area contributed by atoms with Crippen molar-refractivity contribution in [1.82, 2.24) is 19.7 Å². The Morgan fingerprint density at radius 3 is 2.84 bits per heavy atom. The first-order chi connectivity index (χ1) is 12.2. The van der Waals surface area contributed by atoms with Crippen molar-refractivity contribution in [3.05, 3.63) is 82.7 Å². The number of amides is 1. The molecule has 1 amide bonds. The van der Waals surface area contributed by atoms with Crippen molar-refractivity contribution in [2.24, 2.45) is 0 Å². The average molecular weight is 333 g/mol. The third kappa shape index (κ3) is 2.94. The lowest BCUT2D eigenvalue weighted by molar-refractivity contribution is 0.101. The summed E-state index contributed by atoms with van der Waals surface area (Å²) in [7, 11) is 0. The quantitative estimate of drug-likeness (QED) is 0.535. The van der Waals surface area contributed by atoms with E-state index in [2.05, 4.69) is 20.5 Å². The van der Waals surface area contributed by atoms with Crippen molar-refractivity contribution in [1.29, 1.82) is 0 Å². The van der Waals surface area contributed by atoms with Gasteiger partial charge in [0, 0.05) is 17.3 Å². The third-order valence-electron chi connectivity index (χ3n) is 3.98. The zero-order valence-corrected chi connectivity index (χ0v) is 13.2. The molecule has 2 aromatic heterocycles. The highest BCUT2D eigenvalue weighted by Gasteiger charge is 2.15. The van der Waals surface area contributed by atoms with Crippen LogP contribution in [0.3, 0.4) is 0 Å². The summed E-state index contributed by atoms with van der Waals surface area (Å²) in [5, 5.41) is 10.6. The highest BCUT2D eigenvalue weighted by molar-refractivity contribution is 6.03. The summed E-state index contributed by atoms with van der Waals surface area (Å²) >= 11 is 0. The van der Waals surface area contributed by atoms with E-state index in [4.69, 9.17) is 0 Å². The number of hydrogen-bond acceptors (Lipinski definition) is 3. The van der Waals surface area contributed by atoms with Gasteiger partial charge in [0.2, 0.25) is 0 Å². The minimum atomic E-state index is -0.354. The molecule has 7 nitrogen and oxygen atoms in total. The Labute approximate surface area is 142 Å². The molecule has 0 fully saturated rings. The molecule has 25 heavy (non-hydrogen) atoms. The van der Waals surface area contributed by atoms with Gasteiger partial charge in [-0.05, 0) is 23.8 Å². The Balaban J connectivity index is 1.60. The first-order valence-corrected chi connectivity index (χ1v) is 7.77. The molecule has 3 N–H and O–H groups in total. The molecule has 0 saturated carbocycles. The largest absolute Gasteiger partial charge is 0.326 e. The number of aromatic amines is 2. The molecule has 0 spiro atoms. The van der Waals surface area contributed by atoms with Crippen molar-refractivity contribution >= 4 is 22.5 Å². The Bertz CT molecular complexity index is 1090. The lowest BCUT2D eigenvalue weighted by Gasteiger charge is -2.08. The van der Waals surface area contributed by atoms with Crippen LogP contribution in [0.5, 0.6) is 0 Å². The lowest BCUT2D eigenvalue weighted by atomic mass is 10.2. The number of fused-ring (bicyclic) bond motifs is 1. The van der Waals surface area contributed by atoms with Gasteiger partial charge >= 0.3 is 5.69 Å². The first-order valence-electron chi connectivity index (χ1n) is 7.77. The van der Waals surface area contributed by atoms with Gasteiger partial charge in [-0.15, -0.1) is 0 Å². The van der Waals surface area contributed by atoms with E-state index < -0.39 is 0 Å². The number of imidazole rings is 1. The SMILES string of the molecule is O=C(Nc1ccc2cn[nH]c2c1)c1c[nH]c(=O)n1Cc1ccccc1. The molecular weight excluding hydrogens is 318 g/mol. The summed E-state index contributed by atoms with van der Waals surface area (Å²) in [4.78, 5) is 27.2. The maximum Gasteiger partial charge on any atom is 0.326 e. The minimum absolute atomic E-state index is 0.276. The molecule has 0 unspecified atom stereocenters. The molecule has 0 aliphatic rings. The third-order valence-corrected chi connectivity index (χ3v) is 3.98. The zero-order chi connectivity index (χ0) is 17.2. The molecule has 0 aliphatic carbocycles. The highest BCUT2D eigenvalue weighted by Crippen LogP contribution is 2.17. The smallest absolute Gasteiger partial charge is 0.321 e. The van der Waals surface area contributed by atoms with E-state index in [0.717, 1.165) is 16.5 Å². The molecule has 7 heteroatoms. The topological polar surface area (TPSA) is 95.6 Å². The van der Waals surface area contributed by atoms with E-state index >= 15 is 0 Å². The molecule has 0 aliphatic heterocycles. The fourth-order valence-corrected chi connectivity index (χ4v) is 2.72. The van der Waals surface area contributed by atoms with E-state index in [1.54, 1.807) is 18.3 Å². The molecule has 0 radical (unpaired) electrons. The maximum atomic E-state index is 12.6. The molecule has 0 atom stereocenters. The van der Waals surface area contributed by atoms with Gasteiger partial charge in [-0.3, -0.25) is 14.5 Å². The van der Waals surface area contributed by atoms with Crippen molar-refractivity contribution in [2.75, 3.05) is 5.32 Å². The van der Waals surface area contributed by atoms with E-state index in [0.29, 0.717) is 12.2 Å². The maximum absolute atomic E-state index is 12.6. The number of carbonyl (C=O) groups excluding carboxylic acids is 1. The fourth-order valence-electron chi connectivity index (χ4n) is 2.72. The van der Waals surface area contributed by atoms with E-state index in [1.807, 2.05) is 36.4 Å². The Kier molecular flexibility index (Phi) is 3.66. The zero-order valence-electron chi connectivity index (χ0n) is 13.2. The molecular formula is C18H15N5O2. The second-order valence-electron chi connectivity index (χ2n) is 5.68. The van der Waals surface area contributed by atoms with Crippen LogP contribution in [0.2, 0.25) is 0 Å². The lowest BCUT2D eigenvalue weighted by Crippen LogP contribution is -2.24. The summed E-state index contributed by atoms with van der Waals surface area (Å²) in [6.45, 7) is 0.325. The molecule has 2 aromatic carbocycles. The number of nitrogens with zero attached hydrogens (tertiary/aromatic N) is 2. The summed E-state index contributed by atoms with van der Waals surface area (Å²) < 4.78 is 1.42. The molecule has 4 rings (SSSR count). The minimum Gasteiger partial charge on any atom is -0.321 e. The van der Waals surface area contributed by atoms with Gasteiger partial charge in [0.25, 0.3) is 5.91 Å². The summed E-state index contributed by atoms with van der Waals surface area (Å²) in [6.07, 6.45) is 3.14. The Morgan fingerprint density at radius 1 is 1.16 bits per heavy atom. The fraction of sp³-hybridized carbons (Fsp3) is 0.0556. The number of nitrogens with one attached hydrogen (secondary N) is 3. The molecule has 124 valence electrons. The molecule has 2 heterocycles. The van der Waals surface area contributed by atoms with Gasteiger partial charge in [0.1, 0.15) is 5.69 Å². The van der Waals surface area contributed by atoms with Crippen molar-refractivity contribution in [3.8, 4) is 0 Å². The normalized spacial score (nSPS) is 10.9. The molecule has 0 bridgehead atoms. The number of H-pyrrole nitrogens is 2. The van der Waals surface area contributed by atoms with Crippen LogP contribution >= 0.6 is 0 Å². The van der Waals surface area contributed by atoms with Crippen molar-refractivity contribution in [3.63, 3.8) is 0 Å². The predicted octanol–water partition coefficient (Wildman–Crippen LogP) is 2.35. The monoisotopic (exact) mass is 333 g/mol. The van der Waals surface area contributed by atoms with Crippen LogP contribution in [0, 0.1) is 0 Å². The number of benzene rings is 2. The predicted molar refractivity (Wildman–Crippen MR) is 94.6 cm³/mol. The van der Waals surface area contributed by atoms with Gasteiger partial charge in [-0.2, -0.15) is 5.10 Å². The first kappa shape index (κ1) is 14.9. The summed E-state index contributed by atoms with van der Waals surface area (Å²) in [5.74, 6) is -0.354. The number of hydrogen-bond donors (Lipinski definition) is 3. The summed E-state index contributed by atoms with van der Waals surface area (Å²) in [6, 6.07) is 15.0. The van der Waals surface area contributed by atoms with Crippen LogP contribution in [0.4, 0.5) is 5.69 Å². The average Bonchev–Trinajstić information content (AvgIpc) is 3.23. The van der Waals surface area contributed by atoms with Crippen LogP contribution in [-0.4, -0.2) is 25.7 Å². The van der Waals surface area contributed by atoms with Crippen LogP contribution in [0.25, 0.3) is 10.9 Å². The Morgan fingerprint density at radius 2 is 2.00 bits per heavy atom. The second-order valence-corrected chi connectivity index (χ2v) is 5.68. The molecule has 4 aromatic rings. The number of carbonyl (C=O) groups is 1. The second kappa shape index (κ2) is 6.12. The Hall–Kier alpha value is -3.61. The van der Waals surface area contributed by atoms with Gasteiger partial charge < -0.3 is 10.3 Å². The van der Waals surface area contributed by atoms with Gasteiger partial charge in [-0.1, -0.05) is 30.3 Å². The van der Waals surface area contributed by atoms with Crippen molar-refractivity contribution < 1.29 is 4.79 Å². The number of anilines is 1. The van der Waals surface area contributed by atoms with E-state index in [1.165, 1.54) is 10.8 Å². The number of rotatable bonds is 4. The standard InChI is InChI=1S/C18H15N5O2/c24-17(21-14-7-6-13-9-20-22-15(13)8-14)16-10-19-18(25)23(16)11-12-4-2-1-3-5-12/h1-10H,11H2,(H,19,25)(H,20,22)(H,21,24). The number of aromatic nitrogens is 4. The van der Waals surface area contributed by atoms with E-state index in [9.17, 15) is 9.59 Å². The van der Waals surface area contributed by atoms with Crippen LogP contribution in [-0.2, 0) is 6.54 Å².